The Morgan fingerprint density at radius 3 is 2.72 bits per heavy atom. The van der Waals surface area contributed by atoms with Crippen LogP contribution in [0.2, 0.25) is 0 Å². The van der Waals surface area contributed by atoms with Crippen LogP contribution in [0.3, 0.4) is 0 Å². The fourth-order valence-corrected chi connectivity index (χ4v) is 5.73. The molecule has 0 bridgehead atoms. The van der Waals surface area contributed by atoms with E-state index in [1.54, 1.807) is 0 Å². The van der Waals surface area contributed by atoms with E-state index in [4.69, 9.17) is 4.74 Å². The molecule has 0 spiro atoms. The molecule has 2 aliphatic carbocycles. The zero-order valence-corrected chi connectivity index (χ0v) is 17.3. The quantitative estimate of drug-likeness (QED) is 0.586. The van der Waals surface area contributed by atoms with E-state index >= 15 is 0 Å². The smallest absolute Gasteiger partial charge is 0.337 e. The number of hydrogen-bond donors (Lipinski definition) is 1. The first-order valence-electron chi connectivity index (χ1n) is 10.8. The van der Waals surface area contributed by atoms with Gasteiger partial charge in [-0.2, -0.15) is 0 Å². The van der Waals surface area contributed by atoms with Gasteiger partial charge in [0.05, 0.1) is 19.6 Å². The summed E-state index contributed by atoms with van der Waals surface area (Å²) in [7, 11) is 1.43. The van der Waals surface area contributed by atoms with Crippen LogP contribution >= 0.6 is 0 Å². The predicted molar refractivity (Wildman–Crippen MR) is 115 cm³/mol. The Bertz CT molecular complexity index is 875. The average molecular weight is 392 g/mol. The van der Waals surface area contributed by atoms with Gasteiger partial charge in [-0.3, -0.25) is 0 Å². The highest BCUT2D eigenvalue weighted by atomic mass is 16.5. The van der Waals surface area contributed by atoms with Gasteiger partial charge in [0.2, 0.25) is 0 Å². The number of methoxy groups -OCH3 is 1. The average Bonchev–Trinajstić information content (AvgIpc) is 2.90. The van der Waals surface area contributed by atoms with Crippen molar-refractivity contribution < 1.29 is 14.6 Å². The van der Waals surface area contributed by atoms with Crippen LogP contribution in [0.1, 0.15) is 65.6 Å². The fourth-order valence-electron chi connectivity index (χ4n) is 5.73. The molecule has 29 heavy (non-hydrogen) atoms. The standard InChI is InChI=1S/C26H31O3/c1-3-25(28)14-15-26(17-19-8-5-4-6-9-19)22(18-25)11-7-10-20-16-21(24(27)29-2)12-13-23(20)26/h4-6,8-9,12-13,16,22,28H,1,3,7,10-11,14-15,17-18H2,2H3/q+1/t22-,25+,26-/m0/s1. The molecule has 2 aliphatic rings. The molecule has 3 nitrogen and oxygen atoms in total. The maximum Gasteiger partial charge on any atom is 0.337 e. The van der Waals surface area contributed by atoms with Gasteiger partial charge in [-0.15, -0.1) is 0 Å². The fraction of sp³-hybridized carbons (Fsp3) is 0.462. The number of esters is 1. The molecule has 2 aromatic carbocycles. The van der Waals surface area contributed by atoms with Crippen molar-refractivity contribution in [2.45, 2.75) is 62.4 Å². The Hall–Kier alpha value is -2.26. The van der Waals surface area contributed by atoms with Gasteiger partial charge < -0.3 is 9.84 Å². The van der Waals surface area contributed by atoms with Crippen molar-refractivity contribution in [3.05, 3.63) is 77.7 Å². The molecule has 0 heterocycles. The van der Waals surface area contributed by atoms with Gasteiger partial charge in [-0.25, -0.2) is 4.79 Å². The topological polar surface area (TPSA) is 46.5 Å². The highest BCUT2D eigenvalue weighted by Gasteiger charge is 2.51. The summed E-state index contributed by atoms with van der Waals surface area (Å²) in [6.07, 6.45) is 7.21. The second kappa shape index (κ2) is 7.87. The summed E-state index contributed by atoms with van der Waals surface area (Å²) >= 11 is 0. The third-order valence-corrected chi connectivity index (χ3v) is 7.33. The minimum atomic E-state index is -0.651. The highest BCUT2D eigenvalue weighted by Crippen LogP contribution is 2.54. The second-order valence-electron chi connectivity index (χ2n) is 8.95. The molecule has 2 aromatic rings. The zero-order chi connectivity index (χ0) is 20.5. The van der Waals surface area contributed by atoms with Crippen molar-refractivity contribution >= 4 is 5.97 Å². The molecule has 1 fully saturated rings. The van der Waals surface area contributed by atoms with Crippen molar-refractivity contribution in [1.29, 1.82) is 0 Å². The summed E-state index contributed by atoms with van der Waals surface area (Å²) in [5.74, 6) is 0.134. The maximum absolute atomic E-state index is 12.1. The zero-order valence-electron chi connectivity index (χ0n) is 17.3. The molecule has 3 heteroatoms. The molecule has 152 valence electrons. The molecule has 1 N–H and O–H groups in total. The molecule has 0 radical (unpaired) electrons. The number of benzene rings is 2. The molecule has 0 aliphatic heterocycles. The minimum Gasteiger partial charge on any atom is -0.465 e. The highest BCUT2D eigenvalue weighted by molar-refractivity contribution is 5.89. The normalized spacial score (nSPS) is 28.7. The SMILES string of the molecule is [CH2+]C[C@@]1(O)CC[C@@]2(Cc3ccccc3)c3ccc(C(=O)OC)cc3CCC[C@H]2C1. The molecule has 0 aromatic heterocycles. The molecule has 4 rings (SSSR count). The Morgan fingerprint density at radius 2 is 2.00 bits per heavy atom. The van der Waals surface area contributed by atoms with Crippen LogP contribution in [-0.2, 0) is 23.0 Å². The van der Waals surface area contributed by atoms with Gasteiger partial charge in [0.1, 0.15) is 12.0 Å². The number of rotatable bonds is 4. The summed E-state index contributed by atoms with van der Waals surface area (Å²) < 4.78 is 4.95. The van der Waals surface area contributed by atoms with Crippen molar-refractivity contribution in [3.8, 4) is 0 Å². The van der Waals surface area contributed by atoms with Gasteiger partial charge in [-0.05, 0) is 79.7 Å². The first-order valence-corrected chi connectivity index (χ1v) is 10.8. The Balaban J connectivity index is 1.82. The number of carbonyl (C=O) groups excluding carboxylic acids is 1. The number of carbonyl (C=O) groups is 1. The van der Waals surface area contributed by atoms with Gasteiger partial charge in [0.15, 0.2) is 0 Å². The first kappa shape index (κ1) is 20.0. The van der Waals surface area contributed by atoms with E-state index < -0.39 is 5.60 Å². The van der Waals surface area contributed by atoms with Crippen LogP contribution in [0.4, 0.5) is 0 Å². The van der Waals surface area contributed by atoms with Crippen molar-refractivity contribution in [2.24, 2.45) is 5.92 Å². The van der Waals surface area contributed by atoms with Gasteiger partial charge in [0, 0.05) is 5.41 Å². The number of fused-ring (bicyclic) bond motifs is 3. The van der Waals surface area contributed by atoms with Crippen LogP contribution in [0, 0.1) is 12.8 Å². The Labute approximate surface area is 174 Å². The monoisotopic (exact) mass is 391 g/mol. The molecule has 0 unspecified atom stereocenters. The Morgan fingerprint density at radius 1 is 1.21 bits per heavy atom. The van der Waals surface area contributed by atoms with Gasteiger partial charge in [-0.1, -0.05) is 36.4 Å². The van der Waals surface area contributed by atoms with Crippen LogP contribution in [0.15, 0.2) is 48.5 Å². The molecule has 3 atom stereocenters. The van der Waals surface area contributed by atoms with E-state index in [-0.39, 0.29) is 11.4 Å². The lowest BCUT2D eigenvalue weighted by Gasteiger charge is -2.49. The molecular weight excluding hydrogens is 360 g/mol. The van der Waals surface area contributed by atoms with E-state index in [1.807, 2.05) is 12.1 Å². The lowest BCUT2D eigenvalue weighted by atomic mass is 9.55. The van der Waals surface area contributed by atoms with Gasteiger partial charge in [0.25, 0.3) is 0 Å². The van der Waals surface area contributed by atoms with Crippen LogP contribution < -0.4 is 0 Å². The minimum absolute atomic E-state index is 0.0107. The van der Waals surface area contributed by atoms with E-state index in [0.717, 1.165) is 44.9 Å². The van der Waals surface area contributed by atoms with E-state index in [9.17, 15) is 9.90 Å². The number of aliphatic hydroxyl groups is 1. The first-order chi connectivity index (χ1) is 14.0. The second-order valence-corrected chi connectivity index (χ2v) is 8.95. The van der Waals surface area contributed by atoms with Crippen molar-refractivity contribution in [3.63, 3.8) is 0 Å². The number of aryl methyl sites for hydroxylation is 1. The van der Waals surface area contributed by atoms with Crippen LogP contribution in [-0.4, -0.2) is 23.8 Å². The largest absolute Gasteiger partial charge is 0.465 e. The molecule has 0 amide bonds. The van der Waals surface area contributed by atoms with Crippen molar-refractivity contribution in [2.75, 3.05) is 7.11 Å². The summed E-state index contributed by atoms with van der Waals surface area (Å²) in [6.45, 7) is 4.03. The summed E-state index contributed by atoms with van der Waals surface area (Å²) in [4.78, 5) is 12.1. The predicted octanol–water partition coefficient (Wildman–Crippen LogP) is 5.05. The molecular formula is C26H31O3+. The van der Waals surface area contributed by atoms with Gasteiger partial charge >= 0.3 is 5.97 Å². The summed E-state index contributed by atoms with van der Waals surface area (Å²) in [6, 6.07) is 16.8. The third-order valence-electron chi connectivity index (χ3n) is 7.33. The van der Waals surface area contributed by atoms with E-state index in [0.29, 0.717) is 17.9 Å². The summed E-state index contributed by atoms with van der Waals surface area (Å²) in [5, 5.41) is 11.1. The van der Waals surface area contributed by atoms with Crippen LogP contribution in [0.25, 0.3) is 0 Å². The number of ether oxygens (including phenoxy) is 1. The van der Waals surface area contributed by atoms with E-state index in [2.05, 4.69) is 43.3 Å². The maximum atomic E-state index is 12.1. The lowest BCUT2D eigenvalue weighted by Crippen LogP contribution is -2.48. The van der Waals surface area contributed by atoms with Crippen LogP contribution in [0.5, 0.6) is 0 Å². The molecule has 0 saturated heterocycles. The van der Waals surface area contributed by atoms with E-state index in [1.165, 1.54) is 23.8 Å². The summed E-state index contributed by atoms with van der Waals surface area (Å²) in [5.41, 5.74) is 3.94. The Kier molecular flexibility index (Phi) is 5.44. The lowest BCUT2D eigenvalue weighted by molar-refractivity contribution is -0.0455. The molecule has 1 saturated carbocycles. The van der Waals surface area contributed by atoms with Crippen molar-refractivity contribution in [1.82, 2.24) is 0 Å². The third kappa shape index (κ3) is 3.69. The number of hydrogen-bond acceptors (Lipinski definition) is 3.